The molecule has 2 nitrogen and oxygen atoms in total. The van der Waals surface area contributed by atoms with Gasteiger partial charge in [-0.1, -0.05) is 13.8 Å². The van der Waals surface area contributed by atoms with Gasteiger partial charge >= 0.3 is 29.6 Å². The van der Waals surface area contributed by atoms with Gasteiger partial charge in [0.2, 0.25) is 0 Å². The number of carbonyl (C=O) groups is 2. The largest absolute Gasteiger partial charge is 1.00 e. The fourth-order valence-corrected chi connectivity index (χ4v) is 1.47. The molecule has 0 atom stereocenters. The molecule has 0 aromatic heterocycles. The SMILES string of the molecule is CC1(C)CC(=O)CC(=O)C1.[H-].[Na+]. The van der Waals surface area contributed by atoms with E-state index in [1.807, 2.05) is 13.8 Å². The second-order valence-electron chi connectivity index (χ2n) is 3.77. The van der Waals surface area contributed by atoms with Gasteiger partial charge in [-0.15, -0.1) is 0 Å². The Bertz CT molecular complexity index is 171. The molecule has 0 radical (unpaired) electrons. The Labute approximate surface area is 90.5 Å². The maximum Gasteiger partial charge on any atom is 1.00 e. The third-order valence-electron chi connectivity index (χ3n) is 1.75. The zero-order valence-corrected chi connectivity index (χ0v) is 9.44. The minimum Gasteiger partial charge on any atom is -1.00 e. The number of rotatable bonds is 0. The summed E-state index contributed by atoms with van der Waals surface area (Å²) in [6.07, 6.45) is 1.31. The van der Waals surface area contributed by atoms with Crippen LogP contribution in [0.1, 0.15) is 34.5 Å². The summed E-state index contributed by atoms with van der Waals surface area (Å²) >= 11 is 0. The maximum absolute atomic E-state index is 10.9. The van der Waals surface area contributed by atoms with Gasteiger partial charge in [0.05, 0.1) is 6.42 Å². The van der Waals surface area contributed by atoms with Crippen molar-refractivity contribution in [2.45, 2.75) is 33.1 Å². The van der Waals surface area contributed by atoms with Crippen molar-refractivity contribution >= 4 is 11.6 Å². The molecule has 0 saturated heterocycles. The number of hydrogen-bond donors (Lipinski definition) is 0. The normalized spacial score (nSPS) is 22.7. The summed E-state index contributed by atoms with van der Waals surface area (Å²) in [5.41, 5.74) is -0.0770. The molecule has 11 heavy (non-hydrogen) atoms. The molecule has 0 bridgehead atoms. The van der Waals surface area contributed by atoms with Gasteiger partial charge in [0.1, 0.15) is 11.6 Å². The van der Waals surface area contributed by atoms with Crippen LogP contribution in [0.2, 0.25) is 0 Å². The molecule has 1 aliphatic rings. The molecule has 0 heterocycles. The van der Waals surface area contributed by atoms with Crippen LogP contribution in [0.4, 0.5) is 0 Å². The second-order valence-corrected chi connectivity index (χ2v) is 3.77. The van der Waals surface area contributed by atoms with E-state index in [-0.39, 0.29) is 54.4 Å². The molecule has 0 aromatic carbocycles. The van der Waals surface area contributed by atoms with Gasteiger partial charge in [0, 0.05) is 12.8 Å². The van der Waals surface area contributed by atoms with Crippen molar-refractivity contribution in [3.05, 3.63) is 0 Å². The Morgan fingerprint density at radius 3 is 1.82 bits per heavy atom. The molecular formula is C8H13NaO2. The van der Waals surface area contributed by atoms with Crippen molar-refractivity contribution in [2.24, 2.45) is 5.41 Å². The molecule has 0 aromatic rings. The summed E-state index contributed by atoms with van der Waals surface area (Å²) in [6, 6.07) is 0. The quantitative estimate of drug-likeness (QED) is 0.321. The molecular weight excluding hydrogens is 151 g/mol. The van der Waals surface area contributed by atoms with E-state index >= 15 is 0 Å². The van der Waals surface area contributed by atoms with E-state index in [4.69, 9.17) is 0 Å². The van der Waals surface area contributed by atoms with Crippen molar-refractivity contribution < 1.29 is 40.6 Å². The van der Waals surface area contributed by atoms with Crippen LogP contribution in [0.5, 0.6) is 0 Å². The van der Waals surface area contributed by atoms with Gasteiger partial charge in [-0.2, -0.15) is 0 Å². The monoisotopic (exact) mass is 164 g/mol. The summed E-state index contributed by atoms with van der Waals surface area (Å²) in [7, 11) is 0. The maximum atomic E-state index is 10.9. The molecule has 1 fully saturated rings. The Morgan fingerprint density at radius 2 is 1.55 bits per heavy atom. The minimum absolute atomic E-state index is 0. The Morgan fingerprint density at radius 1 is 1.18 bits per heavy atom. The number of carbonyl (C=O) groups excluding carboxylic acids is 2. The predicted octanol–water partition coefficient (Wildman–Crippen LogP) is -1.55. The van der Waals surface area contributed by atoms with E-state index < -0.39 is 0 Å². The van der Waals surface area contributed by atoms with Gasteiger partial charge in [-0.3, -0.25) is 9.59 Å². The molecule has 0 unspecified atom stereocenters. The van der Waals surface area contributed by atoms with Crippen molar-refractivity contribution in [1.82, 2.24) is 0 Å². The van der Waals surface area contributed by atoms with Gasteiger partial charge in [-0.05, 0) is 5.41 Å². The van der Waals surface area contributed by atoms with Crippen LogP contribution < -0.4 is 29.6 Å². The van der Waals surface area contributed by atoms with E-state index in [0.717, 1.165) is 0 Å². The van der Waals surface area contributed by atoms with E-state index in [9.17, 15) is 9.59 Å². The molecule has 0 aliphatic heterocycles. The van der Waals surface area contributed by atoms with Crippen LogP contribution in [0.25, 0.3) is 0 Å². The van der Waals surface area contributed by atoms with Crippen molar-refractivity contribution in [3.63, 3.8) is 0 Å². The van der Waals surface area contributed by atoms with Crippen LogP contribution in [-0.4, -0.2) is 11.6 Å². The van der Waals surface area contributed by atoms with Crippen LogP contribution in [0.3, 0.4) is 0 Å². The number of ketones is 2. The second kappa shape index (κ2) is 3.83. The average molecular weight is 164 g/mol. The topological polar surface area (TPSA) is 34.1 Å². The Kier molecular flexibility index (Phi) is 3.95. The molecule has 1 aliphatic carbocycles. The standard InChI is InChI=1S/C8H12O2.Na.H/c1-8(2)4-6(9)3-7(10)5-8;;/h3-5H2,1-2H3;;/q;+1;-1. The summed E-state index contributed by atoms with van der Waals surface area (Å²) in [4.78, 5) is 21.7. The van der Waals surface area contributed by atoms with Crippen LogP contribution >= 0.6 is 0 Å². The number of Topliss-reactive ketones (excluding diaryl/α,β-unsaturated/α-hetero) is 2. The summed E-state index contributed by atoms with van der Waals surface area (Å²) < 4.78 is 0. The molecule has 0 spiro atoms. The molecule has 58 valence electrons. The van der Waals surface area contributed by atoms with Crippen LogP contribution in [0.15, 0.2) is 0 Å². The number of hydrogen-bond acceptors (Lipinski definition) is 2. The van der Waals surface area contributed by atoms with Crippen LogP contribution in [-0.2, 0) is 9.59 Å². The van der Waals surface area contributed by atoms with Gasteiger partial charge in [-0.25, -0.2) is 0 Å². The third-order valence-corrected chi connectivity index (χ3v) is 1.75. The Hall–Kier alpha value is 0.340. The summed E-state index contributed by atoms with van der Waals surface area (Å²) in [5, 5.41) is 0. The van der Waals surface area contributed by atoms with Crippen molar-refractivity contribution in [3.8, 4) is 0 Å². The summed E-state index contributed by atoms with van der Waals surface area (Å²) in [5.74, 6) is 0.197. The van der Waals surface area contributed by atoms with Gasteiger partial charge < -0.3 is 1.43 Å². The van der Waals surface area contributed by atoms with Gasteiger partial charge in [0.15, 0.2) is 0 Å². The fraction of sp³-hybridized carbons (Fsp3) is 0.750. The van der Waals surface area contributed by atoms with E-state index in [2.05, 4.69) is 0 Å². The first-order valence-corrected chi connectivity index (χ1v) is 3.53. The van der Waals surface area contributed by atoms with Crippen molar-refractivity contribution in [2.75, 3.05) is 0 Å². The minimum atomic E-state index is -0.0770. The molecule has 1 saturated carbocycles. The fourth-order valence-electron chi connectivity index (χ4n) is 1.47. The first-order chi connectivity index (χ1) is 4.49. The predicted molar refractivity (Wildman–Crippen MR) is 38.8 cm³/mol. The van der Waals surface area contributed by atoms with E-state index in [1.165, 1.54) is 0 Å². The average Bonchev–Trinajstić information content (AvgIpc) is 1.54. The molecule has 0 N–H and O–H groups in total. The first-order valence-electron chi connectivity index (χ1n) is 3.53. The third kappa shape index (κ3) is 3.50. The van der Waals surface area contributed by atoms with E-state index in [1.54, 1.807) is 0 Å². The first kappa shape index (κ1) is 11.3. The smallest absolute Gasteiger partial charge is 1.00 e. The van der Waals surface area contributed by atoms with E-state index in [0.29, 0.717) is 12.8 Å². The van der Waals surface area contributed by atoms with Gasteiger partial charge in [0.25, 0.3) is 0 Å². The zero-order chi connectivity index (χ0) is 7.78. The zero-order valence-electron chi connectivity index (χ0n) is 8.44. The van der Waals surface area contributed by atoms with Crippen molar-refractivity contribution in [1.29, 1.82) is 0 Å². The molecule has 0 amide bonds. The molecule has 3 heteroatoms. The molecule has 1 rings (SSSR count). The Balaban J connectivity index is 0. The summed E-state index contributed by atoms with van der Waals surface area (Å²) in [6.45, 7) is 3.92. The van der Waals surface area contributed by atoms with Crippen LogP contribution in [0, 0.1) is 5.41 Å².